The Kier molecular flexibility index (Phi) is 18.8. The number of Topliss-reactive ketones (excluding diaryl/α,β-unsaturated/α-hetero) is 1. The summed E-state index contributed by atoms with van der Waals surface area (Å²) in [6.07, 6.45) is 5.01. The number of pyridine rings is 1. The maximum atomic E-state index is 12.7. The molecule has 3 aromatic rings. The Labute approximate surface area is 237 Å². The first-order chi connectivity index (χ1) is 19.3. The van der Waals surface area contributed by atoms with E-state index in [1.807, 2.05) is 19.6 Å². The molecule has 0 saturated heterocycles. The number of thiazole rings is 1. The van der Waals surface area contributed by atoms with Crippen molar-refractivity contribution in [1.29, 1.82) is 0 Å². The number of carbonyl (C=O) groups is 4. The minimum Gasteiger partial charge on any atom is -0.384 e. The van der Waals surface area contributed by atoms with E-state index < -0.39 is 11.9 Å². The minimum absolute atomic E-state index is 0.0318. The Balaban J connectivity index is 0.00000106. The largest absolute Gasteiger partial charge is 0.384 e. The van der Waals surface area contributed by atoms with Crippen molar-refractivity contribution in [1.82, 2.24) is 14.9 Å². The number of nitrogens with one attached hydrogen (secondary N) is 2. The van der Waals surface area contributed by atoms with E-state index in [2.05, 4.69) is 51.8 Å². The number of nitrogens with zero attached hydrogens (tertiary/aromatic N) is 3. The molecule has 3 rings (SSSR count). The molecule has 0 fully saturated rings. The van der Waals surface area contributed by atoms with Gasteiger partial charge in [-0.25, -0.2) is 4.98 Å². The van der Waals surface area contributed by atoms with Crippen LogP contribution in [0.2, 0.25) is 0 Å². The molecule has 2 heterocycles. The topological polar surface area (TPSA) is 192 Å². The SMILES string of the molecule is C=O.C=O.CCc1ccccc1.CNc1cccn(CC(=O)N[C@@H](CCCN=C(N)N)C(=O)c2nccs2)c1=O. The average Bonchev–Trinajstić information content (AvgIpc) is 3.53. The molecule has 2 aromatic heterocycles. The number of guanidine groups is 1. The smallest absolute Gasteiger partial charge is 0.274 e. The highest BCUT2D eigenvalue weighted by Gasteiger charge is 2.24. The van der Waals surface area contributed by atoms with Gasteiger partial charge in [-0.3, -0.25) is 19.4 Å². The van der Waals surface area contributed by atoms with E-state index in [9.17, 15) is 14.4 Å². The number of aromatic nitrogens is 2. The fraction of sp³-hybridized carbons (Fsp3) is 0.296. The molecule has 0 unspecified atom stereocenters. The van der Waals surface area contributed by atoms with Crippen molar-refractivity contribution in [2.75, 3.05) is 18.9 Å². The summed E-state index contributed by atoms with van der Waals surface area (Å²) in [4.78, 5) is 61.2. The number of anilines is 1. The van der Waals surface area contributed by atoms with Gasteiger partial charge in [0.2, 0.25) is 11.7 Å². The molecule has 0 aliphatic heterocycles. The molecule has 0 bridgehead atoms. The van der Waals surface area contributed by atoms with Crippen LogP contribution in [0.1, 0.15) is 35.1 Å². The number of hydrogen-bond donors (Lipinski definition) is 4. The Morgan fingerprint density at radius 2 is 1.77 bits per heavy atom. The van der Waals surface area contributed by atoms with Crippen LogP contribution in [0.5, 0.6) is 0 Å². The molecule has 0 aliphatic rings. The van der Waals surface area contributed by atoms with Crippen LogP contribution < -0.4 is 27.7 Å². The molecule has 0 saturated carbocycles. The molecule has 0 radical (unpaired) electrons. The van der Waals surface area contributed by atoms with Crippen LogP contribution in [0.3, 0.4) is 0 Å². The van der Waals surface area contributed by atoms with Crippen molar-refractivity contribution < 1.29 is 19.2 Å². The molecule has 40 heavy (non-hydrogen) atoms. The predicted molar refractivity (Wildman–Crippen MR) is 159 cm³/mol. The van der Waals surface area contributed by atoms with Crippen molar-refractivity contribution in [2.45, 2.75) is 38.8 Å². The number of aliphatic imine (C=N–C) groups is 1. The van der Waals surface area contributed by atoms with Crippen molar-refractivity contribution in [2.24, 2.45) is 16.5 Å². The molecule has 12 nitrogen and oxygen atoms in total. The lowest BCUT2D eigenvalue weighted by molar-refractivity contribution is -0.122. The number of nitrogens with two attached hydrogens (primary N) is 2. The third-order valence-corrected chi connectivity index (χ3v) is 5.88. The summed E-state index contributed by atoms with van der Waals surface area (Å²) in [7, 11) is 1.63. The van der Waals surface area contributed by atoms with E-state index in [0.29, 0.717) is 30.1 Å². The third kappa shape index (κ3) is 13.2. The second-order valence-electron chi connectivity index (χ2n) is 7.71. The van der Waals surface area contributed by atoms with E-state index in [-0.39, 0.29) is 23.8 Å². The summed E-state index contributed by atoms with van der Waals surface area (Å²) in [6, 6.07) is 13.0. The lowest BCUT2D eigenvalue weighted by Crippen LogP contribution is -2.43. The highest BCUT2D eigenvalue weighted by Crippen LogP contribution is 2.11. The summed E-state index contributed by atoms with van der Waals surface area (Å²) >= 11 is 1.20. The van der Waals surface area contributed by atoms with E-state index in [4.69, 9.17) is 21.1 Å². The predicted octanol–water partition coefficient (Wildman–Crippen LogP) is 1.65. The first kappa shape index (κ1) is 35.4. The van der Waals surface area contributed by atoms with Gasteiger partial charge in [-0.2, -0.15) is 0 Å². The molecule has 0 spiro atoms. The zero-order chi connectivity index (χ0) is 30.3. The first-order valence-electron chi connectivity index (χ1n) is 12.1. The molecule has 1 aromatic carbocycles. The Hall–Kier alpha value is -4.65. The monoisotopic (exact) mass is 571 g/mol. The van der Waals surface area contributed by atoms with Gasteiger partial charge in [0.05, 0.1) is 6.04 Å². The molecular formula is C27H37N7O5S. The van der Waals surface area contributed by atoms with Crippen molar-refractivity contribution in [3.8, 4) is 0 Å². The summed E-state index contributed by atoms with van der Waals surface area (Å²) < 4.78 is 1.27. The Morgan fingerprint density at radius 1 is 1.10 bits per heavy atom. The summed E-state index contributed by atoms with van der Waals surface area (Å²) in [5, 5.41) is 7.46. The van der Waals surface area contributed by atoms with Gasteiger partial charge < -0.3 is 36.3 Å². The molecule has 1 atom stereocenters. The van der Waals surface area contributed by atoms with Crippen LogP contribution in [-0.4, -0.2) is 60.4 Å². The summed E-state index contributed by atoms with van der Waals surface area (Å²) in [5.41, 5.74) is 12.1. The number of aryl methyl sites for hydroxylation is 1. The zero-order valence-electron chi connectivity index (χ0n) is 22.7. The van der Waals surface area contributed by atoms with E-state index in [1.54, 1.807) is 24.6 Å². The standard InChI is InChI=1S/C17H23N7O3S.C8H10.2CH2O/c1-20-12-5-3-8-24(16(12)27)10-13(25)23-11(4-2-6-22-17(18)19)14(26)15-21-7-9-28-15;1-2-8-6-4-3-5-7-8;2*1-2/h3,5,7-9,11,20H,2,4,6,10H2,1H3,(H,23,25)(H4,18,19,22);3-7H,2H2,1H3;2*1H2/t11-;;;/m0.../s1. The number of ketones is 1. The normalized spacial score (nSPS) is 10.1. The average molecular weight is 572 g/mol. The first-order valence-corrected chi connectivity index (χ1v) is 13.0. The van der Waals surface area contributed by atoms with E-state index >= 15 is 0 Å². The second-order valence-corrected chi connectivity index (χ2v) is 8.61. The van der Waals surface area contributed by atoms with Crippen LogP contribution in [0.4, 0.5) is 5.69 Å². The second kappa shape index (κ2) is 21.3. The number of carbonyl (C=O) groups excluding carboxylic acids is 4. The van der Waals surface area contributed by atoms with Gasteiger partial charge >= 0.3 is 0 Å². The van der Waals surface area contributed by atoms with Gasteiger partial charge in [0, 0.05) is 31.4 Å². The van der Waals surface area contributed by atoms with Crippen molar-refractivity contribution in [3.63, 3.8) is 0 Å². The fourth-order valence-electron chi connectivity index (χ4n) is 3.23. The molecule has 1 amide bonds. The van der Waals surface area contributed by atoms with Crippen LogP contribution in [-0.2, 0) is 27.3 Å². The molecule has 0 aliphatic carbocycles. The fourth-order valence-corrected chi connectivity index (χ4v) is 3.86. The quantitative estimate of drug-likeness (QED) is 0.115. The van der Waals surface area contributed by atoms with Gasteiger partial charge in [-0.1, -0.05) is 37.3 Å². The highest BCUT2D eigenvalue weighted by atomic mass is 32.1. The Morgan fingerprint density at radius 3 is 2.30 bits per heavy atom. The summed E-state index contributed by atoms with van der Waals surface area (Å²) in [5.74, 6) is -0.771. The van der Waals surface area contributed by atoms with Gasteiger partial charge in [-0.15, -0.1) is 11.3 Å². The minimum atomic E-state index is -0.781. The molecule has 216 valence electrons. The van der Waals surface area contributed by atoms with Crippen LogP contribution in [0, 0.1) is 0 Å². The van der Waals surface area contributed by atoms with Gasteiger partial charge in [0.1, 0.15) is 25.8 Å². The van der Waals surface area contributed by atoms with Crippen LogP contribution in [0.15, 0.2) is 70.0 Å². The van der Waals surface area contributed by atoms with Gasteiger partial charge in [0.15, 0.2) is 11.0 Å². The van der Waals surface area contributed by atoms with Gasteiger partial charge in [-0.05, 0) is 37.0 Å². The highest BCUT2D eigenvalue weighted by molar-refractivity contribution is 7.11. The maximum absolute atomic E-state index is 12.7. The number of amides is 1. The third-order valence-electron chi connectivity index (χ3n) is 5.09. The Bertz CT molecular complexity index is 1210. The van der Waals surface area contributed by atoms with E-state index in [0.717, 1.165) is 6.42 Å². The van der Waals surface area contributed by atoms with Crippen molar-refractivity contribution >= 4 is 48.3 Å². The lowest BCUT2D eigenvalue weighted by atomic mass is 10.1. The molecule has 6 N–H and O–H groups in total. The lowest BCUT2D eigenvalue weighted by Gasteiger charge is -2.17. The van der Waals surface area contributed by atoms with Crippen LogP contribution >= 0.6 is 11.3 Å². The van der Waals surface area contributed by atoms with E-state index in [1.165, 1.54) is 33.9 Å². The van der Waals surface area contributed by atoms with Crippen LogP contribution in [0.25, 0.3) is 0 Å². The summed E-state index contributed by atoms with van der Waals surface area (Å²) in [6.45, 7) is 6.29. The maximum Gasteiger partial charge on any atom is 0.274 e. The molecule has 13 heteroatoms. The number of benzene rings is 1. The molecular weight excluding hydrogens is 534 g/mol. The van der Waals surface area contributed by atoms with Crippen molar-refractivity contribution in [3.05, 3.63) is 81.2 Å². The zero-order valence-corrected chi connectivity index (χ0v) is 23.6. The number of hydrogen-bond acceptors (Lipinski definition) is 9. The number of rotatable bonds is 11. The van der Waals surface area contributed by atoms with Gasteiger partial charge in [0.25, 0.3) is 5.56 Å².